The van der Waals surface area contributed by atoms with Crippen LogP contribution in [0.5, 0.6) is 0 Å². The largest absolute Gasteiger partial charge is 0.342 e. The van der Waals surface area contributed by atoms with E-state index < -0.39 is 16.4 Å². The van der Waals surface area contributed by atoms with E-state index in [4.69, 9.17) is 0 Å². The van der Waals surface area contributed by atoms with Gasteiger partial charge in [-0.05, 0) is 32.0 Å². The number of nitro benzene ring substituents is 1. The van der Waals surface area contributed by atoms with Crippen LogP contribution in [0.1, 0.15) is 22.8 Å². The number of amides is 1. The first-order valence-corrected chi connectivity index (χ1v) is 10.5. The van der Waals surface area contributed by atoms with Gasteiger partial charge in [0.25, 0.3) is 11.6 Å². The maximum absolute atomic E-state index is 13.0. The number of hydrogen-bond donors (Lipinski definition) is 3. The minimum Gasteiger partial charge on any atom is -0.342 e. The number of nitrogens with zero attached hydrogens (tertiary/aromatic N) is 5. The van der Waals surface area contributed by atoms with Crippen molar-refractivity contribution in [2.45, 2.75) is 19.4 Å². The van der Waals surface area contributed by atoms with Crippen molar-refractivity contribution in [2.24, 2.45) is 5.10 Å². The van der Waals surface area contributed by atoms with Gasteiger partial charge in [0, 0.05) is 36.6 Å². The van der Waals surface area contributed by atoms with Crippen molar-refractivity contribution < 1.29 is 9.72 Å². The summed E-state index contributed by atoms with van der Waals surface area (Å²) in [4.78, 5) is 32.7. The highest BCUT2D eigenvalue weighted by Crippen LogP contribution is 2.28. The summed E-state index contributed by atoms with van der Waals surface area (Å²) >= 11 is 0. The Morgan fingerprint density at radius 1 is 1.21 bits per heavy atom. The lowest BCUT2D eigenvalue weighted by molar-refractivity contribution is -0.384. The quantitative estimate of drug-likeness (QED) is 0.358. The molecule has 11 heteroatoms. The lowest BCUT2D eigenvalue weighted by Crippen LogP contribution is -2.41. The van der Waals surface area contributed by atoms with Crippen molar-refractivity contribution >= 4 is 41.0 Å². The summed E-state index contributed by atoms with van der Waals surface area (Å²) in [6.45, 7) is 4.42. The van der Waals surface area contributed by atoms with Crippen LogP contribution in [0, 0.1) is 17.0 Å². The Balaban J connectivity index is 1.64. The number of nitrogens with one attached hydrogen (secondary N) is 3. The molecule has 0 radical (unpaired) electrons. The van der Waals surface area contributed by atoms with E-state index in [0.717, 1.165) is 0 Å². The second-order valence-electron chi connectivity index (χ2n) is 8.26. The van der Waals surface area contributed by atoms with Gasteiger partial charge in [-0.25, -0.2) is 4.98 Å². The third kappa shape index (κ3) is 5.09. The predicted octanol–water partition coefficient (Wildman–Crippen LogP) is 3.79. The Hall–Kier alpha value is -4.54. The van der Waals surface area contributed by atoms with E-state index in [-0.39, 0.29) is 16.9 Å². The number of aryl methyl sites for hydroxylation is 1. The van der Waals surface area contributed by atoms with E-state index in [1.165, 1.54) is 18.2 Å². The van der Waals surface area contributed by atoms with E-state index in [2.05, 4.69) is 31.0 Å². The fourth-order valence-electron chi connectivity index (χ4n) is 3.53. The van der Waals surface area contributed by atoms with Crippen molar-refractivity contribution in [3.05, 3.63) is 76.0 Å². The first-order valence-electron chi connectivity index (χ1n) is 10.5. The highest BCUT2D eigenvalue weighted by Gasteiger charge is 2.29. The number of anilines is 4. The molecule has 3 N–H and O–H groups in total. The Kier molecular flexibility index (Phi) is 6.09. The van der Waals surface area contributed by atoms with Gasteiger partial charge < -0.3 is 16.0 Å². The molecule has 2 aromatic carbocycles. The Labute approximate surface area is 196 Å². The topological polar surface area (TPSA) is 138 Å². The molecule has 1 aromatic heterocycles. The average molecular weight is 460 g/mol. The second kappa shape index (κ2) is 9.14. The van der Waals surface area contributed by atoms with Crippen LogP contribution in [0.2, 0.25) is 0 Å². The standard InChI is InChI=1S/C23H24N8O3/c1-15-12-24-22(29-23(2)13-25-30(3)14-23)28-20(15)27-19-11-17(31(33)34)9-10-18(19)21(32)26-16-7-5-4-6-8-16/h4-13H,14H2,1-3H3,(H,26,32)(H2,24,27,28,29). The van der Waals surface area contributed by atoms with Crippen molar-refractivity contribution in [1.82, 2.24) is 15.0 Å². The first kappa shape index (κ1) is 22.6. The molecule has 174 valence electrons. The Morgan fingerprint density at radius 2 is 1.97 bits per heavy atom. The van der Waals surface area contributed by atoms with Gasteiger partial charge in [0.05, 0.1) is 34.5 Å². The zero-order chi connectivity index (χ0) is 24.3. The van der Waals surface area contributed by atoms with Gasteiger partial charge in [0.15, 0.2) is 0 Å². The Bertz CT molecular complexity index is 1260. The molecule has 0 spiro atoms. The molecule has 0 fully saturated rings. The number of aromatic nitrogens is 2. The number of carbonyl (C=O) groups is 1. The van der Waals surface area contributed by atoms with Crippen LogP contribution >= 0.6 is 0 Å². The molecule has 0 saturated heterocycles. The Morgan fingerprint density at radius 3 is 2.65 bits per heavy atom. The van der Waals surface area contributed by atoms with E-state index >= 15 is 0 Å². The van der Waals surface area contributed by atoms with Gasteiger partial charge in [0.2, 0.25) is 5.95 Å². The predicted molar refractivity (Wildman–Crippen MR) is 131 cm³/mol. The van der Waals surface area contributed by atoms with Gasteiger partial charge in [-0.3, -0.25) is 19.9 Å². The molecule has 1 amide bonds. The maximum Gasteiger partial charge on any atom is 0.271 e. The molecule has 3 aromatic rings. The lowest BCUT2D eigenvalue weighted by Gasteiger charge is -2.23. The van der Waals surface area contributed by atoms with Crippen molar-refractivity contribution in [3.63, 3.8) is 0 Å². The van der Waals surface area contributed by atoms with Crippen LogP contribution in [0.25, 0.3) is 0 Å². The minimum absolute atomic E-state index is 0.151. The third-order valence-corrected chi connectivity index (χ3v) is 5.21. The number of hydrazone groups is 1. The van der Waals surface area contributed by atoms with Crippen molar-refractivity contribution in [1.29, 1.82) is 0 Å². The summed E-state index contributed by atoms with van der Waals surface area (Å²) in [5, 5.41) is 26.6. The summed E-state index contributed by atoms with van der Waals surface area (Å²) in [5.41, 5.74) is 1.20. The number of nitro groups is 1. The zero-order valence-corrected chi connectivity index (χ0v) is 18.9. The number of rotatable bonds is 7. The van der Waals surface area contributed by atoms with Gasteiger partial charge in [-0.1, -0.05) is 18.2 Å². The van der Waals surface area contributed by atoms with Crippen LogP contribution < -0.4 is 16.0 Å². The first-order chi connectivity index (χ1) is 16.2. The second-order valence-corrected chi connectivity index (χ2v) is 8.26. The average Bonchev–Trinajstić information content (AvgIpc) is 3.14. The zero-order valence-electron chi connectivity index (χ0n) is 18.9. The molecular formula is C23H24N8O3. The number of hydrogen-bond acceptors (Lipinski definition) is 9. The van der Waals surface area contributed by atoms with Crippen LogP contribution in [-0.4, -0.2) is 51.2 Å². The van der Waals surface area contributed by atoms with E-state index in [1.54, 1.807) is 48.6 Å². The number of non-ortho nitro benzene ring substituents is 1. The minimum atomic E-state index is -0.513. The molecule has 1 aliphatic rings. The number of para-hydroxylation sites is 1. The van der Waals surface area contributed by atoms with Gasteiger partial charge in [-0.2, -0.15) is 10.1 Å². The molecule has 2 heterocycles. The third-order valence-electron chi connectivity index (χ3n) is 5.21. The highest BCUT2D eigenvalue weighted by atomic mass is 16.6. The van der Waals surface area contributed by atoms with E-state index in [1.807, 2.05) is 20.0 Å². The van der Waals surface area contributed by atoms with Crippen LogP contribution in [0.15, 0.2) is 59.8 Å². The SMILES string of the molecule is Cc1cnc(NC2(C)C=NN(C)C2)nc1Nc1cc([N+](=O)[O-])ccc1C(=O)Nc1ccccc1. The summed E-state index contributed by atoms with van der Waals surface area (Å²) in [6.07, 6.45) is 3.42. The molecule has 1 unspecified atom stereocenters. The van der Waals surface area contributed by atoms with Gasteiger partial charge in [0.1, 0.15) is 5.82 Å². The normalized spacial score (nSPS) is 16.9. The van der Waals surface area contributed by atoms with Gasteiger partial charge >= 0.3 is 0 Å². The molecule has 0 bridgehead atoms. The van der Waals surface area contributed by atoms with Crippen LogP contribution in [-0.2, 0) is 0 Å². The summed E-state index contributed by atoms with van der Waals surface area (Å²) in [5.74, 6) is 0.364. The maximum atomic E-state index is 13.0. The van der Waals surface area contributed by atoms with Crippen molar-refractivity contribution in [3.8, 4) is 0 Å². The number of carbonyl (C=O) groups excluding carboxylic acids is 1. The molecule has 1 atom stereocenters. The van der Waals surface area contributed by atoms with Crippen molar-refractivity contribution in [2.75, 3.05) is 29.5 Å². The van der Waals surface area contributed by atoms with E-state index in [0.29, 0.717) is 29.6 Å². The number of likely N-dealkylation sites (N-methyl/N-ethyl adjacent to an activating group) is 1. The van der Waals surface area contributed by atoms with Gasteiger partial charge in [-0.15, -0.1) is 0 Å². The molecule has 0 saturated carbocycles. The molecule has 4 rings (SSSR count). The fourth-order valence-corrected chi connectivity index (χ4v) is 3.53. The summed E-state index contributed by atoms with van der Waals surface area (Å²) < 4.78 is 0. The molecular weight excluding hydrogens is 436 g/mol. The molecule has 11 nitrogen and oxygen atoms in total. The van der Waals surface area contributed by atoms with Crippen LogP contribution in [0.4, 0.5) is 28.8 Å². The molecule has 34 heavy (non-hydrogen) atoms. The summed E-state index contributed by atoms with van der Waals surface area (Å²) in [6, 6.07) is 13.0. The fraction of sp³-hybridized carbons (Fsp3) is 0.217. The summed E-state index contributed by atoms with van der Waals surface area (Å²) in [7, 11) is 1.87. The smallest absolute Gasteiger partial charge is 0.271 e. The molecule has 0 aliphatic carbocycles. The molecule has 1 aliphatic heterocycles. The monoisotopic (exact) mass is 460 g/mol. The lowest BCUT2D eigenvalue weighted by atomic mass is 10.1. The van der Waals surface area contributed by atoms with Crippen LogP contribution in [0.3, 0.4) is 0 Å². The number of benzene rings is 2. The van der Waals surface area contributed by atoms with E-state index in [9.17, 15) is 14.9 Å². The highest BCUT2D eigenvalue weighted by molar-refractivity contribution is 6.08.